The summed E-state index contributed by atoms with van der Waals surface area (Å²) in [6.07, 6.45) is 1.72. The summed E-state index contributed by atoms with van der Waals surface area (Å²) in [4.78, 5) is 35.0. The first-order chi connectivity index (χ1) is 12.4. The highest BCUT2D eigenvalue weighted by molar-refractivity contribution is 7.99. The van der Waals surface area contributed by atoms with E-state index in [1.807, 2.05) is 26.0 Å². The number of fused-ring (bicyclic) bond motifs is 3. The summed E-state index contributed by atoms with van der Waals surface area (Å²) in [7, 11) is 0. The molecule has 3 aromatic rings. The van der Waals surface area contributed by atoms with Crippen LogP contribution in [0.3, 0.4) is 0 Å². The van der Waals surface area contributed by atoms with E-state index >= 15 is 0 Å². The molecule has 0 aliphatic rings. The molecule has 0 fully saturated rings. The maximum atomic E-state index is 13.1. The lowest BCUT2D eigenvalue weighted by atomic mass is 10.2. The second kappa shape index (κ2) is 7.75. The minimum Gasteiger partial charge on any atom is -0.353 e. The van der Waals surface area contributed by atoms with E-state index in [2.05, 4.69) is 24.1 Å². The van der Waals surface area contributed by atoms with Crippen LogP contribution in [0.5, 0.6) is 0 Å². The van der Waals surface area contributed by atoms with Crippen molar-refractivity contribution in [1.82, 2.24) is 19.9 Å². The first kappa shape index (κ1) is 18.8. The van der Waals surface area contributed by atoms with E-state index in [1.54, 1.807) is 10.8 Å². The van der Waals surface area contributed by atoms with E-state index in [0.29, 0.717) is 27.8 Å². The smallest absolute Gasteiger partial charge is 0.272 e. The van der Waals surface area contributed by atoms with Crippen LogP contribution in [-0.4, -0.2) is 32.2 Å². The van der Waals surface area contributed by atoms with Gasteiger partial charge in [-0.3, -0.25) is 14.2 Å². The van der Waals surface area contributed by atoms with Crippen LogP contribution in [0.4, 0.5) is 0 Å². The second-order valence-electron chi connectivity index (χ2n) is 6.85. The topological polar surface area (TPSA) is 76.9 Å². The van der Waals surface area contributed by atoms with Crippen LogP contribution in [0.1, 0.15) is 27.7 Å². The number of nitrogens with zero attached hydrogens (tertiary/aromatic N) is 3. The van der Waals surface area contributed by atoms with E-state index < -0.39 is 0 Å². The first-order valence-electron chi connectivity index (χ1n) is 8.57. The minimum absolute atomic E-state index is 0.0570. The van der Waals surface area contributed by atoms with E-state index in [0.717, 1.165) is 10.2 Å². The molecule has 6 nitrogen and oxygen atoms in total. The minimum atomic E-state index is -0.0627. The van der Waals surface area contributed by atoms with Crippen molar-refractivity contribution in [3.63, 3.8) is 0 Å². The Morgan fingerprint density at radius 2 is 2.12 bits per heavy atom. The van der Waals surface area contributed by atoms with Crippen LogP contribution in [0.25, 0.3) is 20.4 Å². The Labute approximate surface area is 160 Å². The van der Waals surface area contributed by atoms with Crippen LogP contribution >= 0.6 is 23.1 Å². The van der Waals surface area contributed by atoms with Crippen molar-refractivity contribution in [3.8, 4) is 0 Å². The quantitative estimate of drug-likeness (QED) is 0.516. The van der Waals surface area contributed by atoms with Gasteiger partial charge in [0.05, 0.1) is 11.3 Å². The monoisotopic (exact) mass is 390 g/mol. The van der Waals surface area contributed by atoms with Crippen molar-refractivity contribution in [2.75, 3.05) is 5.75 Å². The van der Waals surface area contributed by atoms with Gasteiger partial charge < -0.3 is 5.32 Å². The van der Waals surface area contributed by atoms with Crippen molar-refractivity contribution in [2.45, 2.75) is 45.4 Å². The summed E-state index contributed by atoms with van der Waals surface area (Å²) in [6.45, 7) is 8.53. The van der Waals surface area contributed by atoms with Gasteiger partial charge in [0.25, 0.3) is 5.56 Å². The van der Waals surface area contributed by atoms with Gasteiger partial charge in [-0.1, -0.05) is 25.6 Å². The highest BCUT2D eigenvalue weighted by atomic mass is 32.2. The largest absolute Gasteiger partial charge is 0.353 e. The Hall–Kier alpha value is -1.93. The molecule has 3 rings (SSSR count). The molecular formula is C18H22N4O2S2. The maximum Gasteiger partial charge on any atom is 0.272 e. The van der Waals surface area contributed by atoms with Crippen molar-refractivity contribution >= 4 is 49.4 Å². The Balaban J connectivity index is 2.07. The van der Waals surface area contributed by atoms with Gasteiger partial charge >= 0.3 is 0 Å². The number of aromatic nitrogens is 3. The molecule has 0 saturated carbocycles. The lowest BCUT2D eigenvalue weighted by molar-refractivity contribution is -0.119. The second-order valence-corrected chi connectivity index (χ2v) is 8.79. The zero-order valence-electron chi connectivity index (χ0n) is 15.3. The van der Waals surface area contributed by atoms with Crippen LogP contribution in [-0.2, 0) is 11.3 Å². The molecule has 0 aliphatic heterocycles. The van der Waals surface area contributed by atoms with Crippen LogP contribution in [0, 0.1) is 5.92 Å². The van der Waals surface area contributed by atoms with Gasteiger partial charge in [-0.25, -0.2) is 9.97 Å². The van der Waals surface area contributed by atoms with Crippen molar-refractivity contribution in [3.05, 3.63) is 28.7 Å². The van der Waals surface area contributed by atoms with Crippen LogP contribution in [0.15, 0.2) is 28.3 Å². The Morgan fingerprint density at radius 1 is 1.35 bits per heavy atom. The fourth-order valence-electron chi connectivity index (χ4n) is 2.67. The molecule has 0 aromatic carbocycles. The summed E-state index contributed by atoms with van der Waals surface area (Å²) in [5.41, 5.74) is 0.619. The number of thioether (sulfide) groups is 1. The number of amides is 1. The van der Waals surface area contributed by atoms with Gasteiger partial charge in [0.15, 0.2) is 5.16 Å². The molecular weight excluding hydrogens is 368 g/mol. The van der Waals surface area contributed by atoms with Gasteiger partial charge in [-0.2, -0.15) is 0 Å². The Kier molecular flexibility index (Phi) is 5.62. The number of carbonyl (C=O) groups excluding carboxylic acids is 1. The van der Waals surface area contributed by atoms with Gasteiger partial charge in [0, 0.05) is 24.2 Å². The number of pyridine rings is 1. The number of hydrogen-bond donors (Lipinski definition) is 1. The SMILES string of the molecule is CC(C)Cn1c(SCC(=O)NC(C)C)nc2c(sc3ncccc32)c1=O. The number of carbonyl (C=O) groups is 1. The molecule has 1 N–H and O–H groups in total. The summed E-state index contributed by atoms with van der Waals surface area (Å²) in [6, 6.07) is 3.86. The number of rotatable bonds is 6. The van der Waals surface area contributed by atoms with Crippen molar-refractivity contribution < 1.29 is 4.79 Å². The summed E-state index contributed by atoms with van der Waals surface area (Å²) < 4.78 is 2.31. The van der Waals surface area contributed by atoms with Gasteiger partial charge in [-0.05, 0) is 31.9 Å². The average Bonchev–Trinajstić information content (AvgIpc) is 2.94. The highest BCUT2D eigenvalue weighted by Gasteiger charge is 2.18. The van der Waals surface area contributed by atoms with Crippen LogP contribution < -0.4 is 10.9 Å². The zero-order chi connectivity index (χ0) is 18.8. The first-order valence-corrected chi connectivity index (χ1v) is 10.4. The molecule has 0 spiro atoms. The third kappa shape index (κ3) is 3.91. The summed E-state index contributed by atoms with van der Waals surface area (Å²) in [5, 5.41) is 4.33. The lowest BCUT2D eigenvalue weighted by Crippen LogP contribution is -2.32. The zero-order valence-corrected chi connectivity index (χ0v) is 16.9. The average molecular weight is 391 g/mol. The van der Waals surface area contributed by atoms with E-state index in [-0.39, 0.29) is 23.3 Å². The molecule has 0 saturated heterocycles. The predicted molar refractivity (Wildman–Crippen MR) is 108 cm³/mol. The third-order valence-electron chi connectivity index (χ3n) is 3.65. The Bertz CT molecular complexity index is 1010. The molecule has 0 aliphatic carbocycles. The maximum absolute atomic E-state index is 13.1. The van der Waals surface area contributed by atoms with E-state index in [1.165, 1.54) is 23.1 Å². The number of nitrogens with one attached hydrogen (secondary N) is 1. The summed E-state index contributed by atoms with van der Waals surface area (Å²) >= 11 is 2.68. The molecule has 3 heterocycles. The van der Waals surface area contributed by atoms with Crippen LogP contribution in [0.2, 0.25) is 0 Å². The number of thiophene rings is 1. The van der Waals surface area contributed by atoms with Crippen molar-refractivity contribution in [2.24, 2.45) is 5.92 Å². The summed E-state index contributed by atoms with van der Waals surface area (Å²) in [5.74, 6) is 0.463. The lowest BCUT2D eigenvalue weighted by Gasteiger charge is -2.14. The normalized spacial score (nSPS) is 11.8. The highest BCUT2D eigenvalue weighted by Crippen LogP contribution is 2.30. The fraction of sp³-hybridized carbons (Fsp3) is 0.444. The number of hydrogen-bond acceptors (Lipinski definition) is 6. The van der Waals surface area contributed by atoms with Gasteiger partial charge in [-0.15, -0.1) is 11.3 Å². The molecule has 0 radical (unpaired) electrons. The standard InChI is InChI=1S/C18H22N4O2S2/c1-10(2)8-22-17(24)15-14(12-6-5-7-19-16(12)26-15)21-18(22)25-9-13(23)20-11(3)4/h5-7,10-11H,8-9H2,1-4H3,(H,20,23). The molecule has 3 aromatic heterocycles. The van der Waals surface area contributed by atoms with E-state index in [9.17, 15) is 9.59 Å². The molecule has 8 heteroatoms. The molecule has 26 heavy (non-hydrogen) atoms. The third-order valence-corrected chi connectivity index (χ3v) is 5.71. The molecule has 0 atom stereocenters. The molecule has 0 bridgehead atoms. The fourth-order valence-corrected chi connectivity index (χ4v) is 4.52. The molecule has 0 unspecified atom stereocenters. The Morgan fingerprint density at radius 3 is 2.81 bits per heavy atom. The van der Waals surface area contributed by atoms with E-state index in [4.69, 9.17) is 4.98 Å². The predicted octanol–water partition coefficient (Wildman–Crippen LogP) is 3.28. The molecule has 138 valence electrons. The van der Waals surface area contributed by atoms with Gasteiger partial charge in [0.1, 0.15) is 9.53 Å². The van der Waals surface area contributed by atoms with Crippen molar-refractivity contribution in [1.29, 1.82) is 0 Å². The molecule has 1 amide bonds. The van der Waals surface area contributed by atoms with Gasteiger partial charge in [0.2, 0.25) is 5.91 Å².